The third kappa shape index (κ3) is 5.45. The van der Waals surface area contributed by atoms with Crippen molar-refractivity contribution in [3.8, 4) is 22.6 Å². The highest BCUT2D eigenvalue weighted by Gasteiger charge is 2.24. The first kappa shape index (κ1) is 21.8. The summed E-state index contributed by atoms with van der Waals surface area (Å²) in [5.41, 5.74) is 9.55. The SMILES string of the molecule is COc1ccccc1-c1ccc(OCC(N)=O)c(CN2CCC(Cc3ccccn3)C2)c1. The first-order valence-electron chi connectivity index (χ1n) is 10.9. The number of benzene rings is 2. The van der Waals surface area contributed by atoms with E-state index in [9.17, 15) is 4.79 Å². The molecular formula is C26H29N3O3. The Hall–Kier alpha value is -3.38. The van der Waals surface area contributed by atoms with Gasteiger partial charge in [-0.05, 0) is 61.2 Å². The Kier molecular flexibility index (Phi) is 7.02. The number of carbonyl (C=O) groups is 1. The number of aromatic nitrogens is 1. The molecule has 1 aromatic heterocycles. The number of hydrogen-bond donors (Lipinski definition) is 1. The van der Waals surface area contributed by atoms with Crippen molar-refractivity contribution in [3.63, 3.8) is 0 Å². The van der Waals surface area contributed by atoms with Crippen LogP contribution in [0.25, 0.3) is 11.1 Å². The Morgan fingerprint density at radius 1 is 1.12 bits per heavy atom. The van der Waals surface area contributed by atoms with Crippen LogP contribution in [0.1, 0.15) is 17.7 Å². The van der Waals surface area contributed by atoms with Gasteiger partial charge in [-0.3, -0.25) is 14.7 Å². The van der Waals surface area contributed by atoms with E-state index in [4.69, 9.17) is 15.2 Å². The van der Waals surface area contributed by atoms with E-state index in [1.54, 1.807) is 7.11 Å². The summed E-state index contributed by atoms with van der Waals surface area (Å²) in [5, 5.41) is 0. The number of para-hydroxylation sites is 1. The van der Waals surface area contributed by atoms with Crippen molar-refractivity contribution >= 4 is 5.91 Å². The molecule has 32 heavy (non-hydrogen) atoms. The standard InChI is InChI=1S/C26H29N3O3/c1-31-25-8-3-2-7-23(25)20-9-10-24(32-18-26(27)30)21(15-20)17-29-13-11-19(16-29)14-22-6-4-5-12-28-22/h2-10,12,15,19H,11,13-14,16-18H2,1H3,(H2,27,30). The predicted molar refractivity (Wildman–Crippen MR) is 124 cm³/mol. The van der Waals surface area contributed by atoms with Crippen LogP contribution < -0.4 is 15.2 Å². The molecule has 1 aliphatic heterocycles. The third-order valence-corrected chi connectivity index (χ3v) is 5.84. The molecule has 2 heterocycles. The maximum atomic E-state index is 11.3. The van der Waals surface area contributed by atoms with Gasteiger partial charge in [0.2, 0.25) is 0 Å². The molecule has 0 spiro atoms. The summed E-state index contributed by atoms with van der Waals surface area (Å²) >= 11 is 0. The van der Waals surface area contributed by atoms with E-state index in [2.05, 4.69) is 22.0 Å². The van der Waals surface area contributed by atoms with Gasteiger partial charge in [-0.25, -0.2) is 0 Å². The van der Waals surface area contributed by atoms with E-state index >= 15 is 0 Å². The van der Waals surface area contributed by atoms with Gasteiger partial charge in [0.25, 0.3) is 5.91 Å². The number of carbonyl (C=O) groups excluding carboxylic acids is 1. The number of methoxy groups -OCH3 is 1. The van der Waals surface area contributed by atoms with Crippen LogP contribution in [0.3, 0.4) is 0 Å². The van der Waals surface area contributed by atoms with E-state index in [1.807, 2.05) is 54.7 Å². The second-order valence-corrected chi connectivity index (χ2v) is 8.19. The summed E-state index contributed by atoms with van der Waals surface area (Å²) in [6.07, 6.45) is 3.98. The van der Waals surface area contributed by atoms with Crippen LogP contribution in [0.4, 0.5) is 0 Å². The van der Waals surface area contributed by atoms with Gasteiger partial charge in [0.15, 0.2) is 6.61 Å². The molecule has 0 bridgehead atoms. The van der Waals surface area contributed by atoms with Crippen molar-refractivity contribution in [3.05, 3.63) is 78.1 Å². The van der Waals surface area contributed by atoms with Crippen molar-refractivity contribution < 1.29 is 14.3 Å². The van der Waals surface area contributed by atoms with Crippen molar-refractivity contribution in [2.45, 2.75) is 19.4 Å². The Balaban J connectivity index is 1.53. The summed E-state index contributed by atoms with van der Waals surface area (Å²) in [7, 11) is 1.68. The first-order chi connectivity index (χ1) is 15.6. The maximum absolute atomic E-state index is 11.3. The van der Waals surface area contributed by atoms with E-state index in [0.29, 0.717) is 11.7 Å². The smallest absolute Gasteiger partial charge is 0.255 e. The summed E-state index contributed by atoms with van der Waals surface area (Å²) in [6, 6.07) is 20.1. The molecule has 4 rings (SSSR count). The average Bonchev–Trinajstić information content (AvgIpc) is 3.25. The molecule has 6 nitrogen and oxygen atoms in total. The van der Waals surface area contributed by atoms with E-state index < -0.39 is 5.91 Å². The Labute approximate surface area is 189 Å². The second-order valence-electron chi connectivity index (χ2n) is 8.19. The number of amides is 1. The molecule has 6 heteroatoms. The van der Waals surface area contributed by atoms with Crippen molar-refractivity contribution in [1.82, 2.24) is 9.88 Å². The number of primary amides is 1. The molecule has 0 radical (unpaired) electrons. The number of likely N-dealkylation sites (tertiary alicyclic amines) is 1. The fourth-order valence-corrected chi connectivity index (χ4v) is 4.32. The van der Waals surface area contributed by atoms with Gasteiger partial charge in [-0.2, -0.15) is 0 Å². The molecule has 1 aliphatic rings. The van der Waals surface area contributed by atoms with Crippen LogP contribution in [0.2, 0.25) is 0 Å². The lowest BCUT2D eigenvalue weighted by Gasteiger charge is -2.20. The average molecular weight is 432 g/mol. The first-order valence-corrected chi connectivity index (χ1v) is 10.9. The fraction of sp³-hybridized carbons (Fsp3) is 0.308. The molecule has 0 aliphatic carbocycles. The number of pyridine rings is 1. The van der Waals surface area contributed by atoms with Crippen LogP contribution in [-0.2, 0) is 17.8 Å². The van der Waals surface area contributed by atoms with Crippen LogP contribution in [0, 0.1) is 5.92 Å². The van der Waals surface area contributed by atoms with E-state index in [0.717, 1.165) is 60.6 Å². The monoisotopic (exact) mass is 431 g/mol. The van der Waals surface area contributed by atoms with Gasteiger partial charge in [0.05, 0.1) is 7.11 Å². The molecule has 166 valence electrons. The van der Waals surface area contributed by atoms with Gasteiger partial charge in [-0.15, -0.1) is 0 Å². The van der Waals surface area contributed by atoms with Gasteiger partial charge in [0.1, 0.15) is 11.5 Å². The molecule has 1 fully saturated rings. The zero-order valence-electron chi connectivity index (χ0n) is 18.4. The minimum atomic E-state index is -0.485. The molecule has 0 saturated carbocycles. The Morgan fingerprint density at radius 2 is 1.97 bits per heavy atom. The van der Waals surface area contributed by atoms with Gasteiger partial charge in [0, 0.05) is 36.1 Å². The fourth-order valence-electron chi connectivity index (χ4n) is 4.32. The highest BCUT2D eigenvalue weighted by molar-refractivity contribution is 5.75. The molecule has 1 amide bonds. The lowest BCUT2D eigenvalue weighted by molar-refractivity contribution is -0.119. The van der Waals surface area contributed by atoms with Gasteiger partial charge >= 0.3 is 0 Å². The molecule has 1 atom stereocenters. The lowest BCUT2D eigenvalue weighted by atomic mass is 10.0. The zero-order valence-corrected chi connectivity index (χ0v) is 18.4. The molecular weight excluding hydrogens is 402 g/mol. The van der Waals surface area contributed by atoms with Crippen LogP contribution in [0.5, 0.6) is 11.5 Å². The third-order valence-electron chi connectivity index (χ3n) is 5.84. The van der Waals surface area contributed by atoms with Gasteiger partial charge in [-0.1, -0.05) is 30.3 Å². The Bertz CT molecular complexity index is 1060. The van der Waals surface area contributed by atoms with Gasteiger partial charge < -0.3 is 15.2 Å². The predicted octanol–water partition coefficient (Wildman–Crippen LogP) is 3.69. The number of rotatable bonds is 9. The number of ether oxygens (including phenoxy) is 2. The molecule has 1 unspecified atom stereocenters. The van der Waals surface area contributed by atoms with Crippen molar-refractivity contribution in [2.24, 2.45) is 11.7 Å². The van der Waals surface area contributed by atoms with E-state index in [1.165, 1.54) is 0 Å². The summed E-state index contributed by atoms with van der Waals surface area (Å²) < 4.78 is 11.3. The van der Waals surface area contributed by atoms with Crippen LogP contribution in [-0.4, -0.2) is 42.6 Å². The number of nitrogens with two attached hydrogens (primary N) is 1. The molecule has 2 aromatic carbocycles. The minimum Gasteiger partial charge on any atom is -0.496 e. The van der Waals surface area contributed by atoms with Crippen LogP contribution in [0.15, 0.2) is 66.9 Å². The number of hydrogen-bond acceptors (Lipinski definition) is 5. The second kappa shape index (κ2) is 10.3. The van der Waals surface area contributed by atoms with Crippen molar-refractivity contribution in [2.75, 3.05) is 26.8 Å². The summed E-state index contributed by atoms with van der Waals surface area (Å²) in [5.74, 6) is 1.61. The zero-order chi connectivity index (χ0) is 22.3. The highest BCUT2D eigenvalue weighted by Crippen LogP contribution is 2.34. The molecule has 2 N–H and O–H groups in total. The highest BCUT2D eigenvalue weighted by atomic mass is 16.5. The summed E-state index contributed by atoms with van der Waals surface area (Å²) in [4.78, 5) is 18.2. The largest absolute Gasteiger partial charge is 0.496 e. The summed E-state index contributed by atoms with van der Waals surface area (Å²) in [6.45, 7) is 2.63. The molecule has 1 saturated heterocycles. The topological polar surface area (TPSA) is 77.7 Å². The molecule has 3 aromatic rings. The van der Waals surface area contributed by atoms with Crippen LogP contribution >= 0.6 is 0 Å². The lowest BCUT2D eigenvalue weighted by Crippen LogP contribution is -2.23. The normalized spacial score (nSPS) is 16.1. The quantitative estimate of drug-likeness (QED) is 0.559. The van der Waals surface area contributed by atoms with E-state index in [-0.39, 0.29) is 6.61 Å². The van der Waals surface area contributed by atoms with Crippen molar-refractivity contribution in [1.29, 1.82) is 0 Å². The maximum Gasteiger partial charge on any atom is 0.255 e. The minimum absolute atomic E-state index is 0.136. The number of nitrogens with zero attached hydrogens (tertiary/aromatic N) is 2. The Morgan fingerprint density at radius 3 is 2.75 bits per heavy atom.